The summed E-state index contributed by atoms with van der Waals surface area (Å²) in [6.45, 7) is 5.00. The maximum atomic E-state index is 11.8. The Balaban J connectivity index is 2.05. The zero-order valence-corrected chi connectivity index (χ0v) is 10.8. The molecule has 0 aliphatic carbocycles. The van der Waals surface area contributed by atoms with Crippen LogP contribution >= 0.6 is 0 Å². The number of rotatable bonds is 4. The fraction of sp³-hybridized carbons (Fsp3) is 0.500. The van der Waals surface area contributed by atoms with Crippen LogP contribution in [0.4, 0.5) is 4.79 Å². The number of hydrogen-bond donors (Lipinski definition) is 1. The van der Waals surface area contributed by atoms with E-state index < -0.39 is 5.60 Å². The van der Waals surface area contributed by atoms with Gasteiger partial charge in [0.15, 0.2) is 0 Å². The van der Waals surface area contributed by atoms with Crippen molar-refractivity contribution >= 4 is 6.09 Å². The van der Waals surface area contributed by atoms with Crippen LogP contribution in [-0.4, -0.2) is 34.9 Å². The van der Waals surface area contributed by atoms with E-state index in [2.05, 4.69) is 6.07 Å². The van der Waals surface area contributed by atoms with Gasteiger partial charge in [-0.2, -0.15) is 0 Å². The molecule has 18 heavy (non-hydrogen) atoms. The van der Waals surface area contributed by atoms with Crippen LogP contribution in [0.2, 0.25) is 0 Å². The van der Waals surface area contributed by atoms with Gasteiger partial charge in [-0.15, -0.1) is 0 Å². The smallest absolute Gasteiger partial charge is 0.410 e. The SMILES string of the molecule is Cc1cccc(CN2CC(C)(CCO)OC2=O)c1. The van der Waals surface area contributed by atoms with Gasteiger partial charge in [0.05, 0.1) is 6.54 Å². The van der Waals surface area contributed by atoms with Crippen molar-refractivity contribution in [1.82, 2.24) is 4.90 Å². The summed E-state index contributed by atoms with van der Waals surface area (Å²) in [4.78, 5) is 13.5. The summed E-state index contributed by atoms with van der Waals surface area (Å²) >= 11 is 0. The van der Waals surface area contributed by atoms with Crippen molar-refractivity contribution in [3.8, 4) is 0 Å². The van der Waals surface area contributed by atoms with E-state index >= 15 is 0 Å². The number of hydrogen-bond acceptors (Lipinski definition) is 3. The third kappa shape index (κ3) is 2.82. The lowest BCUT2D eigenvalue weighted by Crippen LogP contribution is -2.32. The summed E-state index contributed by atoms with van der Waals surface area (Å²) in [5.41, 5.74) is 1.72. The highest BCUT2D eigenvalue weighted by Crippen LogP contribution is 2.26. The van der Waals surface area contributed by atoms with Gasteiger partial charge in [0.2, 0.25) is 0 Å². The number of amides is 1. The van der Waals surface area contributed by atoms with E-state index in [0.717, 1.165) is 5.56 Å². The van der Waals surface area contributed by atoms with Crippen LogP contribution in [-0.2, 0) is 11.3 Å². The normalized spacial score (nSPS) is 23.3. The van der Waals surface area contributed by atoms with Gasteiger partial charge in [0.25, 0.3) is 0 Å². The number of benzene rings is 1. The van der Waals surface area contributed by atoms with Crippen LogP contribution in [0.3, 0.4) is 0 Å². The van der Waals surface area contributed by atoms with Crippen molar-refractivity contribution in [2.75, 3.05) is 13.2 Å². The van der Waals surface area contributed by atoms with E-state index in [-0.39, 0.29) is 12.7 Å². The predicted octanol–water partition coefficient (Wildman–Crippen LogP) is 2.09. The van der Waals surface area contributed by atoms with Crippen LogP contribution in [0.15, 0.2) is 24.3 Å². The Morgan fingerprint density at radius 3 is 2.94 bits per heavy atom. The minimum Gasteiger partial charge on any atom is -0.441 e. The van der Waals surface area contributed by atoms with Crippen molar-refractivity contribution in [1.29, 1.82) is 0 Å². The zero-order chi connectivity index (χ0) is 13.2. The molecule has 1 saturated heterocycles. The Labute approximate surface area is 107 Å². The first-order valence-corrected chi connectivity index (χ1v) is 6.17. The molecule has 2 rings (SSSR count). The molecule has 0 saturated carbocycles. The summed E-state index contributed by atoms with van der Waals surface area (Å²) in [5.74, 6) is 0. The highest BCUT2D eigenvalue weighted by Gasteiger charge is 2.40. The van der Waals surface area contributed by atoms with Gasteiger partial charge >= 0.3 is 6.09 Å². The molecular formula is C14H19NO3. The number of carbonyl (C=O) groups excluding carboxylic acids is 1. The van der Waals surface area contributed by atoms with Crippen LogP contribution in [0.25, 0.3) is 0 Å². The second-order valence-electron chi connectivity index (χ2n) is 5.14. The molecule has 1 amide bonds. The minimum absolute atomic E-state index is 0.0298. The molecule has 0 aromatic heterocycles. The maximum absolute atomic E-state index is 11.8. The monoisotopic (exact) mass is 249 g/mol. The Kier molecular flexibility index (Phi) is 3.57. The number of ether oxygens (including phenoxy) is 1. The summed E-state index contributed by atoms with van der Waals surface area (Å²) in [6.07, 6.45) is 0.177. The Morgan fingerprint density at radius 2 is 2.28 bits per heavy atom. The van der Waals surface area contributed by atoms with E-state index in [9.17, 15) is 4.79 Å². The third-order valence-electron chi connectivity index (χ3n) is 3.21. The highest BCUT2D eigenvalue weighted by atomic mass is 16.6. The fourth-order valence-electron chi connectivity index (χ4n) is 2.29. The van der Waals surface area contributed by atoms with Gasteiger partial charge < -0.3 is 9.84 Å². The van der Waals surface area contributed by atoms with Crippen LogP contribution in [0.5, 0.6) is 0 Å². The van der Waals surface area contributed by atoms with E-state index in [1.165, 1.54) is 5.56 Å². The van der Waals surface area contributed by atoms with Crippen molar-refractivity contribution in [3.05, 3.63) is 35.4 Å². The topological polar surface area (TPSA) is 49.8 Å². The number of aryl methyl sites for hydroxylation is 1. The van der Waals surface area contributed by atoms with Crippen molar-refractivity contribution in [2.24, 2.45) is 0 Å². The Bertz CT molecular complexity index is 446. The first kappa shape index (κ1) is 12.9. The van der Waals surface area contributed by atoms with Crippen LogP contribution in [0.1, 0.15) is 24.5 Å². The second kappa shape index (κ2) is 4.98. The molecule has 1 N–H and O–H groups in total. The predicted molar refractivity (Wildman–Crippen MR) is 68.2 cm³/mol. The first-order valence-electron chi connectivity index (χ1n) is 6.17. The molecule has 4 heteroatoms. The Morgan fingerprint density at radius 1 is 1.50 bits per heavy atom. The van der Waals surface area contributed by atoms with Gasteiger partial charge in [-0.25, -0.2) is 4.79 Å². The van der Waals surface area contributed by atoms with Crippen LogP contribution in [0, 0.1) is 6.92 Å². The van der Waals surface area contributed by atoms with E-state index in [0.29, 0.717) is 19.5 Å². The molecule has 1 aromatic carbocycles. The number of aliphatic hydroxyl groups is 1. The number of cyclic esters (lactones) is 1. The molecule has 1 aromatic rings. The average molecular weight is 249 g/mol. The molecule has 1 fully saturated rings. The van der Waals surface area contributed by atoms with Crippen molar-refractivity contribution in [2.45, 2.75) is 32.4 Å². The molecule has 1 aliphatic heterocycles. The van der Waals surface area contributed by atoms with Crippen molar-refractivity contribution in [3.63, 3.8) is 0 Å². The van der Waals surface area contributed by atoms with E-state index in [1.54, 1.807) is 4.90 Å². The molecule has 1 atom stereocenters. The molecular weight excluding hydrogens is 230 g/mol. The zero-order valence-electron chi connectivity index (χ0n) is 10.8. The fourth-order valence-corrected chi connectivity index (χ4v) is 2.29. The number of aliphatic hydroxyl groups excluding tert-OH is 1. The van der Waals surface area contributed by atoms with E-state index in [1.807, 2.05) is 32.0 Å². The van der Waals surface area contributed by atoms with Gasteiger partial charge in [0.1, 0.15) is 5.60 Å². The molecule has 4 nitrogen and oxygen atoms in total. The highest BCUT2D eigenvalue weighted by molar-refractivity contribution is 5.70. The minimum atomic E-state index is -0.560. The molecule has 0 spiro atoms. The van der Waals surface area contributed by atoms with Gasteiger partial charge in [-0.05, 0) is 19.4 Å². The largest absolute Gasteiger partial charge is 0.441 e. The third-order valence-corrected chi connectivity index (χ3v) is 3.21. The lowest BCUT2D eigenvalue weighted by atomic mass is 10.0. The first-order chi connectivity index (χ1) is 8.52. The molecule has 1 heterocycles. The molecule has 1 unspecified atom stereocenters. The van der Waals surface area contributed by atoms with Gasteiger partial charge in [-0.3, -0.25) is 4.90 Å². The molecule has 98 valence electrons. The standard InChI is InChI=1S/C14H19NO3/c1-11-4-3-5-12(8-11)9-15-10-14(2,6-7-16)18-13(15)17/h3-5,8,16H,6-7,9-10H2,1-2H3. The van der Waals surface area contributed by atoms with E-state index in [4.69, 9.17) is 9.84 Å². The summed E-state index contributed by atoms with van der Waals surface area (Å²) in [5, 5.41) is 8.98. The lowest BCUT2D eigenvalue weighted by Gasteiger charge is -2.20. The Hall–Kier alpha value is -1.55. The quantitative estimate of drug-likeness (QED) is 0.889. The van der Waals surface area contributed by atoms with Crippen LogP contribution < -0.4 is 0 Å². The summed E-state index contributed by atoms with van der Waals surface area (Å²) in [7, 11) is 0. The lowest BCUT2D eigenvalue weighted by molar-refractivity contribution is 0.0501. The number of carbonyl (C=O) groups is 1. The molecule has 0 bridgehead atoms. The van der Waals surface area contributed by atoms with Crippen molar-refractivity contribution < 1.29 is 14.6 Å². The number of nitrogens with zero attached hydrogens (tertiary/aromatic N) is 1. The van der Waals surface area contributed by atoms with Gasteiger partial charge in [0, 0.05) is 19.6 Å². The second-order valence-corrected chi connectivity index (χ2v) is 5.14. The van der Waals surface area contributed by atoms with Gasteiger partial charge in [-0.1, -0.05) is 29.8 Å². The summed E-state index contributed by atoms with van der Waals surface area (Å²) < 4.78 is 5.33. The maximum Gasteiger partial charge on any atom is 0.410 e. The molecule has 1 aliphatic rings. The average Bonchev–Trinajstić information content (AvgIpc) is 2.54. The summed E-state index contributed by atoms with van der Waals surface area (Å²) in [6, 6.07) is 8.08. The molecule has 0 radical (unpaired) electrons.